The van der Waals surface area contributed by atoms with Gasteiger partial charge in [-0.3, -0.25) is 29.1 Å². The van der Waals surface area contributed by atoms with E-state index in [9.17, 15) is 51.9 Å². The van der Waals surface area contributed by atoms with Crippen LogP contribution >= 0.6 is 87.6 Å². The molecule has 3 saturated heterocycles. The number of anilines is 3. The third kappa shape index (κ3) is 43.9. The number of hydrogen-bond donors (Lipinski definition) is 10. The number of hydrogen-bond acceptors (Lipinski definition) is 28. The Morgan fingerprint density at radius 1 is 0.482 bits per heavy atom. The molecule has 0 spiro atoms. The van der Waals surface area contributed by atoms with Gasteiger partial charge in [0, 0.05) is 111 Å². The molecule has 9 amide bonds. The summed E-state index contributed by atoms with van der Waals surface area (Å²) >= 11 is 18.3. The first-order valence-corrected chi connectivity index (χ1v) is 47.9. The minimum Gasteiger partial charge on any atom is -0.757 e. The largest absolute Gasteiger partial charge is 1.00 e. The quantitative estimate of drug-likeness (QED) is 0.00456. The molecule has 0 unspecified atom stereocenters. The molecule has 139 heavy (non-hydrogen) atoms. The van der Waals surface area contributed by atoms with Crippen molar-refractivity contribution in [3.05, 3.63) is 186 Å². The molecular formula is C90H114BrCl3F3N22NaO15S4. The normalized spacial score (nSPS) is 14.0. The molecule has 49 heteroatoms. The molecule has 10 N–H and O–H groups in total. The maximum absolute atomic E-state index is 15.2. The molecule has 3 fully saturated rings. The molecule has 748 valence electrons. The average Bonchev–Trinajstić information content (AvgIpc) is 1.76. The summed E-state index contributed by atoms with van der Waals surface area (Å²) in [6.07, 6.45) is 3.95. The van der Waals surface area contributed by atoms with Crippen molar-refractivity contribution in [2.45, 2.75) is 170 Å². The van der Waals surface area contributed by atoms with E-state index in [4.69, 9.17) is 40.0 Å². The van der Waals surface area contributed by atoms with Crippen molar-refractivity contribution in [3.63, 3.8) is 0 Å². The van der Waals surface area contributed by atoms with Gasteiger partial charge in [0.1, 0.15) is 67.6 Å². The van der Waals surface area contributed by atoms with Crippen LogP contribution in [0.15, 0.2) is 172 Å². The number of halogens is 7. The van der Waals surface area contributed by atoms with E-state index in [1.54, 1.807) is 95.5 Å². The van der Waals surface area contributed by atoms with Crippen LogP contribution < -0.4 is 76.2 Å². The maximum atomic E-state index is 15.2. The zero-order valence-corrected chi connectivity index (χ0v) is 88.2. The Labute approximate surface area is 869 Å². The minimum absolute atomic E-state index is 0. The van der Waals surface area contributed by atoms with Crippen molar-refractivity contribution < 1.29 is 114 Å². The third-order valence-electron chi connectivity index (χ3n) is 18.4. The number of thioether (sulfide) groups is 3. The van der Waals surface area contributed by atoms with Gasteiger partial charge in [0.15, 0.2) is 0 Å². The Morgan fingerprint density at radius 3 is 1.16 bits per heavy atom. The number of benzene rings is 6. The summed E-state index contributed by atoms with van der Waals surface area (Å²) in [6.45, 7) is 25.5. The predicted molar refractivity (Wildman–Crippen MR) is 532 cm³/mol. The number of cyclic esters (lactones) is 3. The Kier molecular flexibility index (Phi) is 51.6. The summed E-state index contributed by atoms with van der Waals surface area (Å²) in [6, 6.07) is 36.1. The number of alkyl halides is 2. The van der Waals surface area contributed by atoms with Gasteiger partial charge < -0.3 is 77.9 Å². The fourth-order valence-corrected chi connectivity index (χ4v) is 14.9. The van der Waals surface area contributed by atoms with Crippen LogP contribution in [0.3, 0.4) is 0 Å². The molecule has 7 heterocycles. The van der Waals surface area contributed by atoms with Crippen LogP contribution in [-0.2, 0) is 74.4 Å². The number of carbonyl (C=O) groups is 9. The summed E-state index contributed by atoms with van der Waals surface area (Å²) < 4.78 is 76.1. The third-order valence-corrected chi connectivity index (χ3v) is 22.2. The molecule has 37 nitrogen and oxygen atoms in total. The number of rotatable bonds is 33. The van der Waals surface area contributed by atoms with E-state index in [-0.39, 0.29) is 124 Å². The van der Waals surface area contributed by atoms with Crippen LogP contribution in [-0.4, -0.2) is 244 Å². The fraction of sp³-hybridized carbons (Fsp3) is 0.411. The SMILES string of the molecule is CC(=O)NC[C@H]1CN(c2ccc(-c3ccc(CCl)cc3)c(F)c2)C(=O)O1.CC(=O)NC[C@H]1CN(c2ccc(-c3ccc(CN(CCSc4cn[nH]n4)C(=O)OC(C)(C)C)cc3)c(F)c2)C(=O)O1.CC(=O)NC[C@H]1CN(c2ccc(-c3ccc(CNCCSc4cn[nH]n4)cc3)c(F)c2)C(=O)O1.CC(C)(C)OC(=O)NCCCBr.CC(C)(C)OC(=O)NCCCSc1cn[nH]n1.Cl.Cl.[Na+].[S-]c1cn[nH]n1. The first kappa shape index (κ1) is 119. The first-order valence-electron chi connectivity index (χ1n) is 42.8. The molecule has 3 aliphatic rings. The average molecular weight is 2140 g/mol. The molecule has 0 radical (unpaired) electrons. The molecule has 3 aliphatic heterocycles. The van der Waals surface area contributed by atoms with Crippen LogP contribution in [0.2, 0.25) is 0 Å². The molecule has 4 aromatic heterocycles. The van der Waals surface area contributed by atoms with Crippen LogP contribution in [0.5, 0.6) is 0 Å². The number of aromatic nitrogens is 12. The summed E-state index contributed by atoms with van der Waals surface area (Å²) in [5.74, 6) is 0.782. The zero-order valence-electron chi connectivity index (χ0n) is 78.9. The van der Waals surface area contributed by atoms with Crippen molar-refractivity contribution in [3.8, 4) is 33.4 Å². The number of alkyl carbamates (subject to hydrolysis) is 2. The van der Waals surface area contributed by atoms with Crippen molar-refractivity contribution >= 4 is 172 Å². The van der Waals surface area contributed by atoms with Crippen molar-refractivity contribution in [2.75, 3.05) is 103 Å². The number of nitrogens with one attached hydrogen (secondary N) is 10. The smallest absolute Gasteiger partial charge is 0.757 e. The number of amides is 9. The van der Waals surface area contributed by atoms with Crippen LogP contribution in [0.1, 0.15) is 113 Å². The Bertz CT molecular complexity index is 5450. The molecule has 10 aromatic rings. The van der Waals surface area contributed by atoms with Crippen molar-refractivity contribution in [1.82, 2.24) is 98.4 Å². The number of aromatic amines is 4. The number of carbonyl (C=O) groups excluding carboxylic acids is 9. The fourth-order valence-electron chi connectivity index (χ4n) is 12.2. The Morgan fingerprint density at radius 2 is 0.835 bits per heavy atom. The number of H-pyrrole nitrogens is 4. The van der Waals surface area contributed by atoms with Gasteiger partial charge in [0.2, 0.25) is 17.7 Å². The second-order valence-corrected chi connectivity index (χ2v) is 37.8. The molecule has 0 aliphatic carbocycles. The molecular weight excluding hydrogens is 2020 g/mol. The summed E-state index contributed by atoms with van der Waals surface area (Å²) in [5, 5.41) is 60.6. The number of ether oxygens (including phenoxy) is 6. The van der Waals surface area contributed by atoms with E-state index in [1.807, 2.05) is 123 Å². The van der Waals surface area contributed by atoms with E-state index in [1.165, 1.54) is 71.6 Å². The monoisotopic (exact) mass is 2130 g/mol. The van der Waals surface area contributed by atoms with Gasteiger partial charge in [-0.25, -0.2) is 41.9 Å². The molecule has 6 aromatic carbocycles. The van der Waals surface area contributed by atoms with Gasteiger partial charge in [0.25, 0.3) is 0 Å². The van der Waals surface area contributed by atoms with E-state index < -0.39 is 76.9 Å². The van der Waals surface area contributed by atoms with Crippen LogP contribution in [0.25, 0.3) is 33.4 Å². The second-order valence-electron chi connectivity index (χ2n) is 33.0. The van der Waals surface area contributed by atoms with Crippen molar-refractivity contribution in [1.29, 1.82) is 0 Å². The van der Waals surface area contributed by atoms with Gasteiger partial charge in [-0.1, -0.05) is 88.7 Å². The summed E-state index contributed by atoms with van der Waals surface area (Å²) in [5.41, 5.74) is 6.02. The molecule has 13 rings (SSSR count). The Hall–Kier alpha value is -10.7. The summed E-state index contributed by atoms with van der Waals surface area (Å²) in [7, 11) is 0. The van der Waals surface area contributed by atoms with E-state index in [0.717, 1.165) is 79.1 Å². The van der Waals surface area contributed by atoms with Crippen LogP contribution in [0.4, 0.5) is 59.0 Å². The molecule has 3 atom stereocenters. The van der Waals surface area contributed by atoms with Gasteiger partial charge >= 0.3 is 66.1 Å². The predicted octanol–water partition coefficient (Wildman–Crippen LogP) is 12.9. The summed E-state index contributed by atoms with van der Waals surface area (Å²) in [4.78, 5) is 111. The van der Waals surface area contributed by atoms with Gasteiger partial charge in [-0.2, -0.15) is 46.3 Å². The number of nitrogens with zero attached hydrogens (tertiary/aromatic N) is 12. The van der Waals surface area contributed by atoms with E-state index in [2.05, 4.69) is 122 Å². The first-order chi connectivity index (χ1) is 64.8. The molecule has 0 saturated carbocycles. The standard InChI is InChI=1S/C28H33FN6O5S.C23H25FN6O3S.C19H18ClFN2O3.C10H18N4O2S.C8H16BrNO2.C2H3N3S.2ClH.Na/c1-18(36)30-14-22-17-35(27(38)39-22)21-9-10-23(24(29)13-21)20-7-5-19(6-8-20)16-34(26(37)40-28(2,3)4)11-12-41-25-15-31-33-32-25;1-15(31)26-12-19-14-30(23(32)33-19)18-6-7-20(21(24)10-18)17-4-2-16(3-5-17)11-25-8-9-34-22-13-27-29-28-22;1-12(24)22-10-16-11-23(19(25)26-16)15-6-7-17(18(21)8-15)14-4-2-13(9-20)3-5-14;1-10(2,3)16-9(15)11-5-4-6-17-8-7-12-14-13-8;1-8(2,3)12-7(11)10-6-4-5-9;6-2-1-3-5-4-2;;;/h5-10,13,15,22H,11-12,14,16-17H2,1-4H3,(H,30,36)(H,31,32,33);2-7,10,13,19,25H,8-9,11-12,14H2,1H3,(H,26,31)(H,27,28,29);2-8,16H,9-11H2,1H3,(H,22,24);7H,4-6H2,1-3H3,(H,11,15)(H,12,13,14);4-6H2,1-3H3,(H,10,11);1H,(H2,3,4,5,6);2*1H;/q;;;;;;;;+1/p-1/t22-;19-;16-;;;;;;/m000....../s1. The van der Waals surface area contributed by atoms with Gasteiger partial charge in [-0.15, -0.1) is 87.0 Å². The zero-order chi connectivity index (χ0) is 98.9. The maximum Gasteiger partial charge on any atom is 1.00 e. The van der Waals surface area contributed by atoms with Crippen molar-refractivity contribution in [2.24, 2.45) is 0 Å². The minimum atomic E-state index is -0.639. The Balaban J connectivity index is 0.000000315. The van der Waals surface area contributed by atoms with Gasteiger partial charge in [-0.05, 0) is 168 Å². The van der Waals surface area contributed by atoms with E-state index in [0.29, 0.717) is 88.7 Å². The van der Waals surface area contributed by atoms with Crippen LogP contribution in [0, 0.1) is 17.5 Å². The second kappa shape index (κ2) is 60.4. The van der Waals surface area contributed by atoms with Gasteiger partial charge in [0.05, 0.1) is 74.9 Å². The topological polar surface area (TPSA) is 460 Å². The molecule has 0 bridgehead atoms. The van der Waals surface area contributed by atoms with E-state index >= 15 is 4.39 Å².